The molecule has 0 atom stereocenters. The number of Topliss-reactive ketones (excluding diaryl/α,β-unsaturated/α-hetero) is 1. The highest BCUT2D eigenvalue weighted by molar-refractivity contribution is 5.99. The van der Waals surface area contributed by atoms with Crippen LogP contribution in [0.4, 0.5) is 0 Å². The lowest BCUT2D eigenvalue weighted by Gasteiger charge is -2.13. The van der Waals surface area contributed by atoms with Gasteiger partial charge in [-0.05, 0) is 37.5 Å². The molecule has 0 saturated carbocycles. The van der Waals surface area contributed by atoms with Gasteiger partial charge in [-0.3, -0.25) is 4.79 Å². The summed E-state index contributed by atoms with van der Waals surface area (Å²) in [5.74, 6) is 0.0617. The standard InChI is InChI=1S/C16H21NO/c1-6-9-17-12(4)14-7-8-15(13(5)18)16(10-14)11(2)3/h7-8,10,17H,2,4,6,9H2,1,3,5H3. The summed E-state index contributed by atoms with van der Waals surface area (Å²) in [6.45, 7) is 14.4. The fourth-order valence-electron chi connectivity index (χ4n) is 1.77. The smallest absolute Gasteiger partial charge is 0.160 e. The molecule has 18 heavy (non-hydrogen) atoms. The summed E-state index contributed by atoms with van der Waals surface area (Å²) in [4.78, 5) is 11.5. The van der Waals surface area contributed by atoms with E-state index in [0.717, 1.165) is 40.9 Å². The Morgan fingerprint density at radius 2 is 1.89 bits per heavy atom. The Balaban J connectivity index is 3.11. The largest absolute Gasteiger partial charge is 0.385 e. The van der Waals surface area contributed by atoms with Gasteiger partial charge >= 0.3 is 0 Å². The van der Waals surface area contributed by atoms with Crippen LogP contribution >= 0.6 is 0 Å². The van der Waals surface area contributed by atoms with Gasteiger partial charge in [0.2, 0.25) is 0 Å². The van der Waals surface area contributed by atoms with Gasteiger partial charge in [-0.15, -0.1) is 0 Å². The highest BCUT2D eigenvalue weighted by Gasteiger charge is 2.09. The summed E-state index contributed by atoms with van der Waals surface area (Å²) in [5, 5.41) is 3.25. The van der Waals surface area contributed by atoms with Crippen LogP contribution in [0.1, 0.15) is 48.7 Å². The van der Waals surface area contributed by atoms with Gasteiger partial charge < -0.3 is 5.32 Å². The summed E-state index contributed by atoms with van der Waals surface area (Å²) in [7, 11) is 0. The van der Waals surface area contributed by atoms with E-state index in [1.807, 2.05) is 25.1 Å². The van der Waals surface area contributed by atoms with Crippen LogP contribution in [0, 0.1) is 0 Å². The van der Waals surface area contributed by atoms with Gasteiger partial charge in [-0.1, -0.05) is 37.8 Å². The average molecular weight is 243 g/mol. The van der Waals surface area contributed by atoms with Crippen LogP contribution in [0.3, 0.4) is 0 Å². The van der Waals surface area contributed by atoms with Crippen molar-refractivity contribution >= 4 is 17.1 Å². The zero-order valence-electron chi connectivity index (χ0n) is 11.5. The first-order valence-electron chi connectivity index (χ1n) is 6.21. The van der Waals surface area contributed by atoms with Crippen molar-refractivity contribution in [1.82, 2.24) is 5.32 Å². The number of allylic oxidation sites excluding steroid dienone is 1. The molecular weight excluding hydrogens is 222 g/mol. The summed E-state index contributed by atoms with van der Waals surface area (Å²) >= 11 is 0. The Labute approximate surface area is 109 Å². The van der Waals surface area contributed by atoms with Gasteiger partial charge in [-0.25, -0.2) is 0 Å². The van der Waals surface area contributed by atoms with Crippen LogP contribution in [0.15, 0.2) is 31.4 Å². The highest BCUT2D eigenvalue weighted by Crippen LogP contribution is 2.22. The van der Waals surface area contributed by atoms with E-state index in [4.69, 9.17) is 0 Å². The van der Waals surface area contributed by atoms with E-state index < -0.39 is 0 Å². The van der Waals surface area contributed by atoms with E-state index in [9.17, 15) is 4.79 Å². The topological polar surface area (TPSA) is 29.1 Å². The molecule has 0 unspecified atom stereocenters. The normalized spacial score (nSPS) is 9.94. The van der Waals surface area contributed by atoms with Crippen molar-refractivity contribution in [2.75, 3.05) is 6.54 Å². The molecule has 1 rings (SSSR count). The Morgan fingerprint density at radius 3 is 2.39 bits per heavy atom. The van der Waals surface area contributed by atoms with Crippen molar-refractivity contribution < 1.29 is 4.79 Å². The number of benzene rings is 1. The first-order chi connectivity index (χ1) is 8.47. The van der Waals surface area contributed by atoms with Gasteiger partial charge in [0.05, 0.1) is 0 Å². The molecule has 0 aromatic heterocycles. The number of ketones is 1. The molecular formula is C16H21NO. The van der Waals surface area contributed by atoms with Crippen molar-refractivity contribution in [3.05, 3.63) is 48.0 Å². The molecule has 0 heterocycles. The number of carbonyl (C=O) groups is 1. The molecule has 96 valence electrons. The molecule has 2 nitrogen and oxygen atoms in total. The highest BCUT2D eigenvalue weighted by atomic mass is 16.1. The molecule has 0 bridgehead atoms. The van der Waals surface area contributed by atoms with Crippen molar-refractivity contribution in [3.8, 4) is 0 Å². The van der Waals surface area contributed by atoms with E-state index in [2.05, 4.69) is 25.4 Å². The van der Waals surface area contributed by atoms with E-state index in [1.54, 1.807) is 6.92 Å². The third-order valence-electron chi connectivity index (χ3n) is 2.80. The number of hydrogen-bond acceptors (Lipinski definition) is 2. The van der Waals surface area contributed by atoms with E-state index in [1.165, 1.54) is 0 Å². The second kappa shape index (κ2) is 6.20. The van der Waals surface area contributed by atoms with E-state index >= 15 is 0 Å². The molecule has 0 spiro atoms. The minimum absolute atomic E-state index is 0.0617. The van der Waals surface area contributed by atoms with Crippen LogP contribution in [0.2, 0.25) is 0 Å². The molecule has 0 aliphatic heterocycles. The number of nitrogens with one attached hydrogen (secondary N) is 1. The third kappa shape index (κ3) is 3.33. The molecule has 0 saturated heterocycles. The maximum absolute atomic E-state index is 11.5. The van der Waals surface area contributed by atoms with Crippen LogP contribution in [-0.2, 0) is 0 Å². The summed E-state index contributed by atoms with van der Waals surface area (Å²) in [5.41, 5.74) is 4.40. The number of carbonyl (C=O) groups excluding carboxylic acids is 1. The van der Waals surface area contributed by atoms with Crippen LogP contribution in [0.25, 0.3) is 11.3 Å². The minimum atomic E-state index is 0.0617. The summed E-state index contributed by atoms with van der Waals surface area (Å²) < 4.78 is 0. The SMILES string of the molecule is C=C(NCCC)c1ccc(C(C)=O)c(C(=C)C)c1. The van der Waals surface area contributed by atoms with E-state index in [0.29, 0.717) is 0 Å². The van der Waals surface area contributed by atoms with Crippen LogP contribution < -0.4 is 5.32 Å². The van der Waals surface area contributed by atoms with Gasteiger partial charge in [0.25, 0.3) is 0 Å². The van der Waals surface area contributed by atoms with Crippen LogP contribution in [0.5, 0.6) is 0 Å². The Morgan fingerprint density at radius 1 is 1.22 bits per heavy atom. The molecule has 0 fully saturated rings. The zero-order chi connectivity index (χ0) is 13.7. The Kier molecular flexibility index (Phi) is 4.90. The number of hydrogen-bond donors (Lipinski definition) is 1. The second-order valence-electron chi connectivity index (χ2n) is 4.50. The predicted molar refractivity (Wildman–Crippen MR) is 78.5 cm³/mol. The summed E-state index contributed by atoms with van der Waals surface area (Å²) in [6.07, 6.45) is 1.05. The number of rotatable bonds is 6. The van der Waals surface area contributed by atoms with Gasteiger partial charge in [0.1, 0.15) is 0 Å². The van der Waals surface area contributed by atoms with Crippen molar-refractivity contribution in [3.63, 3.8) is 0 Å². The molecule has 1 aromatic rings. The molecule has 0 aliphatic rings. The first kappa shape index (κ1) is 14.2. The monoisotopic (exact) mass is 243 g/mol. The molecule has 0 amide bonds. The average Bonchev–Trinajstić information content (AvgIpc) is 2.34. The summed E-state index contributed by atoms with van der Waals surface area (Å²) in [6, 6.07) is 5.75. The van der Waals surface area contributed by atoms with Crippen molar-refractivity contribution in [1.29, 1.82) is 0 Å². The lowest BCUT2D eigenvalue weighted by Crippen LogP contribution is -2.12. The van der Waals surface area contributed by atoms with Crippen molar-refractivity contribution in [2.24, 2.45) is 0 Å². The lowest BCUT2D eigenvalue weighted by atomic mass is 9.96. The molecule has 1 aromatic carbocycles. The van der Waals surface area contributed by atoms with Crippen molar-refractivity contribution in [2.45, 2.75) is 27.2 Å². The Bertz CT molecular complexity index is 486. The Hall–Kier alpha value is -1.83. The van der Waals surface area contributed by atoms with E-state index in [-0.39, 0.29) is 5.78 Å². The first-order valence-corrected chi connectivity index (χ1v) is 6.21. The molecule has 0 aliphatic carbocycles. The van der Waals surface area contributed by atoms with Crippen LogP contribution in [-0.4, -0.2) is 12.3 Å². The quantitative estimate of drug-likeness (QED) is 0.768. The lowest BCUT2D eigenvalue weighted by molar-refractivity contribution is 0.101. The maximum atomic E-state index is 11.5. The third-order valence-corrected chi connectivity index (χ3v) is 2.80. The van der Waals surface area contributed by atoms with Gasteiger partial charge in [-0.2, -0.15) is 0 Å². The minimum Gasteiger partial charge on any atom is -0.385 e. The fraction of sp³-hybridized carbons (Fsp3) is 0.312. The predicted octanol–water partition coefficient (Wildman–Crippen LogP) is 3.89. The zero-order valence-corrected chi connectivity index (χ0v) is 11.5. The molecule has 0 radical (unpaired) electrons. The molecule has 1 N–H and O–H groups in total. The van der Waals surface area contributed by atoms with Gasteiger partial charge in [0, 0.05) is 17.8 Å². The molecule has 2 heteroatoms. The van der Waals surface area contributed by atoms with Gasteiger partial charge in [0.15, 0.2) is 5.78 Å². The second-order valence-corrected chi connectivity index (χ2v) is 4.50. The maximum Gasteiger partial charge on any atom is 0.160 e. The fourth-order valence-corrected chi connectivity index (χ4v) is 1.77.